The lowest BCUT2D eigenvalue weighted by Crippen LogP contribution is -2.35. The fraction of sp³-hybridized carbons (Fsp3) is 0.455. The predicted octanol–water partition coefficient (Wildman–Crippen LogP) is 2.53. The molecule has 158 valence electrons. The molecular formula is C22H28O6S. The van der Waals surface area contributed by atoms with Gasteiger partial charge >= 0.3 is 0 Å². The Morgan fingerprint density at radius 2 is 1.86 bits per heavy atom. The van der Waals surface area contributed by atoms with Crippen molar-refractivity contribution < 1.29 is 29.9 Å². The number of aryl methyl sites for hydroxylation is 1. The standard InChI is InChI=1S/C22H28O6S/c1-3-14-4-6-15(7-5-14)20-17-10-16(8-9-19(17)29-12-27-20)21(22(25)26)28-18(11-23)13(2)24/h4-10,13,18,20-26H,3,11-12H2,1-2H3/t13?,18?,20-,21?/m0/s1. The summed E-state index contributed by atoms with van der Waals surface area (Å²) in [6.07, 6.45) is -4.10. The molecule has 29 heavy (non-hydrogen) atoms. The van der Waals surface area contributed by atoms with E-state index >= 15 is 0 Å². The molecule has 6 nitrogen and oxygen atoms in total. The lowest BCUT2D eigenvalue weighted by Gasteiger charge is -2.30. The first-order valence-electron chi connectivity index (χ1n) is 9.72. The van der Waals surface area contributed by atoms with Gasteiger partial charge in [-0.2, -0.15) is 0 Å². The Balaban J connectivity index is 1.94. The van der Waals surface area contributed by atoms with Crippen LogP contribution in [-0.2, 0) is 15.9 Å². The molecule has 0 bridgehead atoms. The van der Waals surface area contributed by atoms with Crippen LogP contribution in [0.15, 0.2) is 47.4 Å². The summed E-state index contributed by atoms with van der Waals surface area (Å²) >= 11 is 1.58. The average molecular weight is 421 g/mol. The van der Waals surface area contributed by atoms with Gasteiger partial charge in [-0.1, -0.05) is 49.0 Å². The second-order valence-corrected chi connectivity index (χ2v) is 8.10. The summed E-state index contributed by atoms with van der Waals surface area (Å²) in [5, 5.41) is 38.9. The molecule has 0 amide bonds. The van der Waals surface area contributed by atoms with E-state index in [0.717, 1.165) is 22.4 Å². The minimum absolute atomic E-state index is 0.265. The number of thioether (sulfide) groups is 1. The maximum Gasteiger partial charge on any atom is 0.182 e. The van der Waals surface area contributed by atoms with Crippen LogP contribution in [0, 0.1) is 0 Å². The van der Waals surface area contributed by atoms with Crippen molar-refractivity contribution in [2.24, 2.45) is 0 Å². The lowest BCUT2D eigenvalue weighted by molar-refractivity contribution is -0.188. The third kappa shape index (κ3) is 5.19. The van der Waals surface area contributed by atoms with Gasteiger partial charge in [-0.3, -0.25) is 0 Å². The highest BCUT2D eigenvalue weighted by Crippen LogP contribution is 2.41. The molecule has 0 radical (unpaired) electrons. The van der Waals surface area contributed by atoms with Gasteiger partial charge in [0, 0.05) is 4.90 Å². The molecule has 1 aliphatic heterocycles. The molecule has 3 rings (SSSR count). The number of aliphatic hydroxyl groups is 4. The SMILES string of the molecule is CCc1ccc([C@@H]2OCSc3ccc(C(OC(CO)C(C)O)C(O)O)cc32)cc1. The van der Waals surface area contributed by atoms with E-state index in [1.54, 1.807) is 17.8 Å². The van der Waals surface area contributed by atoms with Gasteiger partial charge in [0.15, 0.2) is 6.29 Å². The summed E-state index contributed by atoms with van der Waals surface area (Å²) in [4.78, 5) is 1.06. The summed E-state index contributed by atoms with van der Waals surface area (Å²) in [6.45, 7) is 3.16. The topological polar surface area (TPSA) is 99.4 Å². The van der Waals surface area contributed by atoms with Gasteiger partial charge in [-0.05, 0) is 47.7 Å². The van der Waals surface area contributed by atoms with Crippen LogP contribution in [0.25, 0.3) is 0 Å². The van der Waals surface area contributed by atoms with E-state index in [-0.39, 0.29) is 6.10 Å². The highest BCUT2D eigenvalue weighted by molar-refractivity contribution is 7.99. The van der Waals surface area contributed by atoms with Gasteiger partial charge in [0.1, 0.15) is 18.3 Å². The van der Waals surface area contributed by atoms with E-state index in [0.29, 0.717) is 11.5 Å². The van der Waals surface area contributed by atoms with Crippen molar-refractivity contribution in [2.45, 2.75) is 55.9 Å². The van der Waals surface area contributed by atoms with Crippen LogP contribution in [0.1, 0.15) is 48.3 Å². The normalized spacial score (nSPS) is 19.6. The van der Waals surface area contributed by atoms with Gasteiger partial charge in [0.25, 0.3) is 0 Å². The molecule has 1 aliphatic rings. The van der Waals surface area contributed by atoms with Crippen LogP contribution in [0.4, 0.5) is 0 Å². The quantitative estimate of drug-likeness (QED) is 0.487. The summed E-state index contributed by atoms with van der Waals surface area (Å²) in [7, 11) is 0. The second-order valence-electron chi connectivity index (χ2n) is 7.13. The lowest BCUT2D eigenvalue weighted by atomic mass is 9.96. The second kappa shape index (κ2) is 10.0. The Bertz CT molecular complexity index is 792. The molecule has 0 saturated carbocycles. The zero-order chi connectivity index (χ0) is 21.0. The molecular weight excluding hydrogens is 392 g/mol. The van der Waals surface area contributed by atoms with E-state index < -0.39 is 31.2 Å². The number of rotatable bonds is 8. The van der Waals surface area contributed by atoms with Gasteiger partial charge < -0.3 is 29.9 Å². The number of benzene rings is 2. The number of hydrogen-bond acceptors (Lipinski definition) is 7. The molecule has 2 aromatic rings. The Morgan fingerprint density at radius 1 is 1.14 bits per heavy atom. The fourth-order valence-corrected chi connectivity index (χ4v) is 4.19. The van der Waals surface area contributed by atoms with Crippen molar-refractivity contribution >= 4 is 11.8 Å². The molecule has 2 aromatic carbocycles. The van der Waals surface area contributed by atoms with Crippen molar-refractivity contribution in [3.63, 3.8) is 0 Å². The largest absolute Gasteiger partial charge is 0.394 e. The van der Waals surface area contributed by atoms with Crippen molar-refractivity contribution in [1.82, 2.24) is 0 Å². The minimum Gasteiger partial charge on any atom is -0.394 e. The van der Waals surface area contributed by atoms with Crippen LogP contribution in [0.2, 0.25) is 0 Å². The average Bonchev–Trinajstić information content (AvgIpc) is 2.73. The van der Waals surface area contributed by atoms with Gasteiger partial charge in [0.2, 0.25) is 0 Å². The van der Waals surface area contributed by atoms with Gasteiger partial charge in [0.05, 0.1) is 18.6 Å². The summed E-state index contributed by atoms with van der Waals surface area (Å²) in [6, 6.07) is 13.8. The first-order chi connectivity index (χ1) is 13.9. The zero-order valence-electron chi connectivity index (χ0n) is 16.6. The predicted molar refractivity (Wildman–Crippen MR) is 111 cm³/mol. The monoisotopic (exact) mass is 420 g/mol. The first-order valence-corrected chi connectivity index (χ1v) is 10.7. The first kappa shape index (κ1) is 22.2. The van der Waals surface area contributed by atoms with Crippen molar-refractivity contribution in [3.05, 3.63) is 64.7 Å². The summed E-state index contributed by atoms with van der Waals surface area (Å²) in [5.41, 5.74) is 3.74. The minimum atomic E-state index is -1.81. The highest BCUT2D eigenvalue weighted by Gasteiger charge is 2.29. The highest BCUT2D eigenvalue weighted by atomic mass is 32.2. The Labute approximate surface area is 175 Å². The Kier molecular flexibility index (Phi) is 7.70. The molecule has 4 N–H and O–H groups in total. The Hall–Kier alpha value is -1.45. The molecule has 1 heterocycles. The fourth-order valence-electron chi connectivity index (χ4n) is 3.36. The molecule has 4 atom stereocenters. The van der Waals surface area contributed by atoms with E-state index in [1.807, 2.05) is 12.1 Å². The van der Waals surface area contributed by atoms with Crippen LogP contribution >= 0.6 is 11.8 Å². The molecule has 0 fully saturated rings. The Morgan fingerprint density at radius 3 is 2.45 bits per heavy atom. The molecule has 0 aliphatic carbocycles. The van der Waals surface area contributed by atoms with Gasteiger partial charge in [-0.15, -0.1) is 0 Å². The number of fused-ring (bicyclic) bond motifs is 1. The zero-order valence-corrected chi connectivity index (χ0v) is 17.4. The van der Waals surface area contributed by atoms with Crippen LogP contribution < -0.4 is 0 Å². The van der Waals surface area contributed by atoms with Crippen molar-refractivity contribution in [3.8, 4) is 0 Å². The summed E-state index contributed by atoms with van der Waals surface area (Å²) in [5.74, 6) is 0.531. The van der Waals surface area contributed by atoms with E-state index in [2.05, 4.69) is 31.2 Å². The van der Waals surface area contributed by atoms with Crippen molar-refractivity contribution in [1.29, 1.82) is 0 Å². The number of hydrogen-bond donors (Lipinski definition) is 4. The maximum atomic E-state index is 9.87. The van der Waals surface area contributed by atoms with E-state index in [1.165, 1.54) is 12.5 Å². The summed E-state index contributed by atoms with van der Waals surface area (Å²) < 4.78 is 11.6. The van der Waals surface area contributed by atoms with Gasteiger partial charge in [-0.25, -0.2) is 0 Å². The third-order valence-electron chi connectivity index (χ3n) is 5.09. The molecule has 0 aromatic heterocycles. The van der Waals surface area contributed by atoms with Crippen LogP contribution in [-0.4, -0.2) is 51.5 Å². The van der Waals surface area contributed by atoms with E-state index in [4.69, 9.17) is 9.47 Å². The van der Waals surface area contributed by atoms with E-state index in [9.17, 15) is 20.4 Å². The molecule has 0 spiro atoms. The van der Waals surface area contributed by atoms with Crippen LogP contribution in [0.3, 0.4) is 0 Å². The third-order valence-corrected chi connectivity index (χ3v) is 6.03. The number of aliphatic hydroxyl groups excluding tert-OH is 3. The molecule has 3 unspecified atom stereocenters. The van der Waals surface area contributed by atoms with Crippen LogP contribution in [0.5, 0.6) is 0 Å². The number of ether oxygens (including phenoxy) is 2. The molecule has 7 heteroatoms. The maximum absolute atomic E-state index is 9.87. The molecule has 0 saturated heterocycles. The van der Waals surface area contributed by atoms with Crippen molar-refractivity contribution in [2.75, 3.05) is 12.5 Å². The smallest absolute Gasteiger partial charge is 0.182 e.